The molecule has 17 heavy (non-hydrogen) atoms. The molecule has 0 aliphatic carbocycles. The monoisotopic (exact) mass is 247 g/mol. The van der Waals surface area contributed by atoms with Crippen molar-refractivity contribution in [2.24, 2.45) is 5.73 Å². The van der Waals surface area contributed by atoms with Crippen LogP contribution in [0.15, 0.2) is 24.3 Å². The lowest BCUT2D eigenvalue weighted by Gasteiger charge is -2.19. The molecular weight excluding hydrogens is 231 g/mol. The van der Waals surface area contributed by atoms with Crippen molar-refractivity contribution in [2.45, 2.75) is 32.2 Å². The fourth-order valence-corrected chi connectivity index (χ4v) is 1.49. The lowest BCUT2D eigenvalue weighted by Crippen LogP contribution is -2.19. The van der Waals surface area contributed by atoms with Crippen LogP contribution in [-0.2, 0) is 10.9 Å². The third kappa shape index (κ3) is 4.02. The van der Waals surface area contributed by atoms with Crippen LogP contribution >= 0.6 is 0 Å². The van der Waals surface area contributed by atoms with Crippen molar-refractivity contribution >= 4 is 0 Å². The Labute approximate surface area is 98.6 Å². The van der Waals surface area contributed by atoms with Gasteiger partial charge >= 0.3 is 6.18 Å². The number of nitrogens with two attached hydrogens (primary N) is 1. The summed E-state index contributed by atoms with van der Waals surface area (Å²) in [6.07, 6.45) is -4.70. The second-order valence-electron chi connectivity index (χ2n) is 4.03. The molecule has 0 aromatic heterocycles. The Morgan fingerprint density at radius 2 is 1.71 bits per heavy atom. The molecule has 2 N–H and O–H groups in total. The van der Waals surface area contributed by atoms with Crippen molar-refractivity contribution in [1.82, 2.24) is 0 Å². The van der Waals surface area contributed by atoms with Crippen molar-refractivity contribution < 1.29 is 17.9 Å². The van der Waals surface area contributed by atoms with Crippen LogP contribution in [0.1, 0.15) is 31.1 Å². The summed E-state index contributed by atoms with van der Waals surface area (Å²) >= 11 is 0. The highest BCUT2D eigenvalue weighted by Gasteiger charge is 2.30. The molecule has 0 heterocycles. The third-order valence-corrected chi connectivity index (χ3v) is 2.26. The van der Waals surface area contributed by atoms with E-state index in [2.05, 4.69) is 0 Å². The highest BCUT2D eigenvalue weighted by molar-refractivity contribution is 5.26. The van der Waals surface area contributed by atoms with Gasteiger partial charge in [0.15, 0.2) is 0 Å². The van der Waals surface area contributed by atoms with Gasteiger partial charge in [-0.2, -0.15) is 13.2 Å². The number of hydrogen-bond donors (Lipinski definition) is 1. The third-order valence-electron chi connectivity index (χ3n) is 2.26. The summed E-state index contributed by atoms with van der Waals surface area (Å²) in [5.74, 6) is 0. The van der Waals surface area contributed by atoms with E-state index >= 15 is 0 Å². The van der Waals surface area contributed by atoms with Crippen molar-refractivity contribution in [2.75, 3.05) is 6.54 Å². The average molecular weight is 247 g/mol. The number of halogens is 3. The summed E-state index contributed by atoms with van der Waals surface area (Å²) in [7, 11) is 0. The molecule has 0 aliphatic rings. The molecule has 1 aromatic rings. The SMILES string of the molecule is CC(C)O[C@@H](CN)c1ccc(C(F)(F)F)cc1. The first-order valence-corrected chi connectivity index (χ1v) is 5.37. The second-order valence-corrected chi connectivity index (χ2v) is 4.03. The zero-order valence-electron chi connectivity index (χ0n) is 9.79. The van der Waals surface area contributed by atoms with Gasteiger partial charge in [-0.1, -0.05) is 12.1 Å². The van der Waals surface area contributed by atoms with Crippen LogP contribution < -0.4 is 5.73 Å². The van der Waals surface area contributed by atoms with Crippen LogP contribution in [-0.4, -0.2) is 12.6 Å². The minimum Gasteiger partial charge on any atom is -0.370 e. The van der Waals surface area contributed by atoms with Gasteiger partial charge in [0.05, 0.1) is 17.8 Å². The van der Waals surface area contributed by atoms with Gasteiger partial charge in [-0.05, 0) is 31.5 Å². The summed E-state index contributed by atoms with van der Waals surface area (Å²) in [6, 6.07) is 4.90. The Bertz CT molecular complexity index is 346. The van der Waals surface area contributed by atoms with E-state index < -0.39 is 11.7 Å². The van der Waals surface area contributed by atoms with Gasteiger partial charge in [0, 0.05) is 6.54 Å². The first-order valence-electron chi connectivity index (χ1n) is 5.37. The van der Waals surface area contributed by atoms with E-state index in [0.29, 0.717) is 5.56 Å². The van der Waals surface area contributed by atoms with E-state index in [1.165, 1.54) is 12.1 Å². The highest BCUT2D eigenvalue weighted by Crippen LogP contribution is 2.30. The molecule has 1 aromatic carbocycles. The Morgan fingerprint density at radius 3 is 2.06 bits per heavy atom. The second kappa shape index (κ2) is 5.51. The molecule has 0 radical (unpaired) electrons. The van der Waals surface area contributed by atoms with Gasteiger partial charge in [0.1, 0.15) is 0 Å². The maximum Gasteiger partial charge on any atom is 0.416 e. The smallest absolute Gasteiger partial charge is 0.370 e. The fraction of sp³-hybridized carbons (Fsp3) is 0.500. The molecule has 1 atom stereocenters. The first kappa shape index (κ1) is 14.0. The number of benzene rings is 1. The number of alkyl halides is 3. The molecule has 96 valence electrons. The van der Waals surface area contributed by atoms with Crippen LogP contribution in [0.5, 0.6) is 0 Å². The molecule has 0 fully saturated rings. The predicted octanol–water partition coefficient (Wildman–Crippen LogP) is 3.13. The molecule has 1 rings (SSSR count). The largest absolute Gasteiger partial charge is 0.416 e. The van der Waals surface area contributed by atoms with Crippen LogP contribution in [0.4, 0.5) is 13.2 Å². The van der Waals surface area contributed by atoms with E-state index in [4.69, 9.17) is 10.5 Å². The molecule has 0 spiro atoms. The maximum absolute atomic E-state index is 12.4. The lowest BCUT2D eigenvalue weighted by atomic mass is 10.1. The van der Waals surface area contributed by atoms with Crippen LogP contribution in [0.2, 0.25) is 0 Å². The lowest BCUT2D eigenvalue weighted by molar-refractivity contribution is -0.137. The Kier molecular flexibility index (Phi) is 4.54. The average Bonchev–Trinajstić information content (AvgIpc) is 2.24. The number of hydrogen-bond acceptors (Lipinski definition) is 2. The van der Waals surface area contributed by atoms with Crippen molar-refractivity contribution in [3.05, 3.63) is 35.4 Å². The number of ether oxygens (including phenoxy) is 1. The predicted molar refractivity (Wildman–Crippen MR) is 59.5 cm³/mol. The van der Waals surface area contributed by atoms with E-state index in [0.717, 1.165) is 12.1 Å². The molecule has 0 unspecified atom stereocenters. The van der Waals surface area contributed by atoms with Crippen molar-refractivity contribution in [3.63, 3.8) is 0 Å². The van der Waals surface area contributed by atoms with Crippen molar-refractivity contribution in [1.29, 1.82) is 0 Å². The van der Waals surface area contributed by atoms with Gasteiger partial charge in [-0.3, -0.25) is 0 Å². The topological polar surface area (TPSA) is 35.2 Å². The van der Waals surface area contributed by atoms with Crippen LogP contribution in [0, 0.1) is 0 Å². The normalized spacial score (nSPS) is 14.1. The highest BCUT2D eigenvalue weighted by atomic mass is 19.4. The quantitative estimate of drug-likeness (QED) is 0.887. The molecule has 0 saturated carbocycles. The molecule has 0 bridgehead atoms. The summed E-state index contributed by atoms with van der Waals surface area (Å²) < 4.78 is 42.6. The van der Waals surface area contributed by atoms with Crippen LogP contribution in [0.25, 0.3) is 0 Å². The van der Waals surface area contributed by atoms with E-state index in [9.17, 15) is 13.2 Å². The van der Waals surface area contributed by atoms with Gasteiger partial charge in [0.2, 0.25) is 0 Å². The fourth-order valence-electron chi connectivity index (χ4n) is 1.49. The van der Waals surface area contributed by atoms with Gasteiger partial charge in [0.25, 0.3) is 0 Å². The first-order chi connectivity index (χ1) is 7.84. The Morgan fingerprint density at radius 1 is 1.18 bits per heavy atom. The minimum atomic E-state index is -4.31. The summed E-state index contributed by atoms with van der Waals surface area (Å²) in [5.41, 5.74) is 5.53. The van der Waals surface area contributed by atoms with E-state index in [1.807, 2.05) is 13.8 Å². The summed E-state index contributed by atoms with van der Waals surface area (Å²) in [5, 5.41) is 0. The standard InChI is InChI=1S/C12H16F3NO/c1-8(2)17-11(7-16)9-3-5-10(6-4-9)12(13,14)15/h3-6,8,11H,7,16H2,1-2H3/t11-/m0/s1. The van der Waals surface area contributed by atoms with E-state index in [-0.39, 0.29) is 18.8 Å². The summed E-state index contributed by atoms with van der Waals surface area (Å²) in [4.78, 5) is 0. The molecular formula is C12H16F3NO. The van der Waals surface area contributed by atoms with Gasteiger partial charge in [-0.15, -0.1) is 0 Å². The van der Waals surface area contributed by atoms with Gasteiger partial charge < -0.3 is 10.5 Å². The maximum atomic E-state index is 12.4. The van der Waals surface area contributed by atoms with Crippen LogP contribution in [0.3, 0.4) is 0 Å². The zero-order valence-corrected chi connectivity index (χ0v) is 9.79. The summed E-state index contributed by atoms with van der Waals surface area (Å²) in [6.45, 7) is 3.95. The molecule has 0 aliphatic heterocycles. The van der Waals surface area contributed by atoms with Crippen molar-refractivity contribution in [3.8, 4) is 0 Å². The van der Waals surface area contributed by atoms with E-state index in [1.54, 1.807) is 0 Å². The van der Waals surface area contributed by atoms with Gasteiger partial charge in [-0.25, -0.2) is 0 Å². The molecule has 0 amide bonds. The minimum absolute atomic E-state index is 0.0224. The molecule has 0 saturated heterocycles. The molecule has 2 nitrogen and oxygen atoms in total. The zero-order chi connectivity index (χ0) is 13.1. The Balaban J connectivity index is 2.85. The molecule has 5 heteroatoms. The Hall–Kier alpha value is -1.07. The number of rotatable bonds is 4.